The van der Waals surface area contributed by atoms with Crippen molar-refractivity contribution in [3.8, 4) is 0 Å². The molecule has 0 aromatic heterocycles. The normalized spacial score (nSPS) is 26.6. The highest BCUT2D eigenvalue weighted by molar-refractivity contribution is 6.31. The van der Waals surface area contributed by atoms with Crippen LogP contribution in [0.5, 0.6) is 0 Å². The molecule has 1 aliphatic heterocycles. The number of carbonyl (C=O) groups is 1. The Morgan fingerprint density at radius 2 is 2.03 bits per heavy atom. The van der Waals surface area contributed by atoms with Crippen LogP contribution in [0.25, 0.3) is 0 Å². The second-order valence-electron chi connectivity index (χ2n) is 6.58. The smallest absolute Gasteiger partial charge is 0.328 e. The van der Waals surface area contributed by atoms with Gasteiger partial charge in [0.1, 0.15) is 6.54 Å². The van der Waals surface area contributed by atoms with Crippen molar-refractivity contribution < 1.29 is 26.7 Å². The monoisotopic (exact) mass is 430 g/mol. The Balaban J connectivity index is 2.28. The minimum absolute atomic E-state index is 0.116. The van der Waals surface area contributed by atoms with E-state index in [0.29, 0.717) is 4.90 Å². The van der Waals surface area contributed by atoms with Gasteiger partial charge in [0.25, 0.3) is 0 Å². The van der Waals surface area contributed by atoms with Crippen molar-refractivity contribution in [2.45, 2.75) is 24.2 Å². The topological polar surface area (TPSA) is 32.3 Å². The Labute approximate surface area is 168 Å². The van der Waals surface area contributed by atoms with Gasteiger partial charge < -0.3 is 10.2 Å². The van der Waals surface area contributed by atoms with Crippen LogP contribution in [0.1, 0.15) is 6.42 Å². The molecule has 1 heterocycles. The van der Waals surface area contributed by atoms with Crippen molar-refractivity contribution in [3.63, 3.8) is 0 Å². The molecule has 1 fully saturated rings. The molecular weight excluding hydrogens is 415 g/mol. The maximum atomic E-state index is 13.8. The number of amides is 2. The fourth-order valence-electron chi connectivity index (χ4n) is 3.71. The van der Waals surface area contributed by atoms with Gasteiger partial charge in [0.15, 0.2) is 5.83 Å². The molecule has 2 aliphatic carbocycles. The molecule has 1 saturated heterocycles. The summed E-state index contributed by atoms with van der Waals surface area (Å²) in [5, 5.41) is 2.69. The third-order valence-corrected chi connectivity index (χ3v) is 5.05. The van der Waals surface area contributed by atoms with Gasteiger partial charge in [-0.1, -0.05) is 35.6 Å². The molecule has 3 aliphatic rings. The number of rotatable bonds is 4. The van der Waals surface area contributed by atoms with E-state index in [2.05, 4.69) is 11.0 Å². The van der Waals surface area contributed by atoms with E-state index in [9.17, 15) is 26.7 Å². The Hall–Kier alpha value is -2.57. The second kappa shape index (κ2) is 8.05. The van der Waals surface area contributed by atoms with Crippen LogP contribution < -0.4 is 5.32 Å². The van der Waals surface area contributed by atoms with Crippen molar-refractivity contribution in [2.75, 3.05) is 13.2 Å². The summed E-state index contributed by atoms with van der Waals surface area (Å²) in [6.07, 6.45) is 5.54. The lowest BCUT2D eigenvalue weighted by atomic mass is 9.73. The van der Waals surface area contributed by atoms with Gasteiger partial charge in [-0.15, -0.1) is 0 Å². The standard InChI is InChI=1S/C20H16ClF5N2O/c21-14-4-2-6-17-16(11-14)19(9-10-22,13-3-1-5-15(23)8-7-13)28(18(29)27-17)12-20(24,25)26/h1-4,6-8,11,17H,9-10,12H2,(H,27,29). The van der Waals surface area contributed by atoms with E-state index < -0.39 is 49.3 Å². The molecule has 0 aromatic carbocycles. The molecule has 0 aromatic rings. The van der Waals surface area contributed by atoms with Crippen LogP contribution in [0.15, 0.2) is 76.3 Å². The zero-order chi connectivity index (χ0) is 21.2. The summed E-state index contributed by atoms with van der Waals surface area (Å²) in [7, 11) is 0. The van der Waals surface area contributed by atoms with Crippen molar-refractivity contribution in [2.24, 2.45) is 0 Å². The predicted molar refractivity (Wildman–Crippen MR) is 99.5 cm³/mol. The molecule has 9 heteroatoms. The van der Waals surface area contributed by atoms with Crippen LogP contribution in [0.3, 0.4) is 0 Å². The molecule has 0 spiro atoms. The zero-order valence-corrected chi connectivity index (χ0v) is 15.7. The first kappa shape index (κ1) is 21.1. The SMILES string of the molecule is O=C1NC2C=CC=C(Cl)C=C2C(CCF)(C2=CC=C=C(F)C=C2)N1CC(F)(F)F. The van der Waals surface area contributed by atoms with Crippen LogP contribution in [0, 0.1) is 0 Å². The number of carbonyl (C=O) groups excluding carboxylic acids is 1. The highest BCUT2D eigenvalue weighted by Gasteiger charge is 2.54. The first-order chi connectivity index (χ1) is 13.7. The lowest BCUT2D eigenvalue weighted by Crippen LogP contribution is -2.67. The number of fused-ring (bicyclic) bond motifs is 1. The van der Waals surface area contributed by atoms with E-state index in [4.69, 9.17) is 11.6 Å². The second-order valence-corrected chi connectivity index (χ2v) is 7.01. The number of nitrogens with one attached hydrogen (secondary N) is 1. The molecule has 3 nitrogen and oxygen atoms in total. The summed E-state index contributed by atoms with van der Waals surface area (Å²) in [6, 6.07) is -1.83. The number of halogens is 6. The van der Waals surface area contributed by atoms with E-state index in [-0.39, 0.29) is 16.2 Å². The third-order valence-electron chi connectivity index (χ3n) is 4.81. The Kier molecular flexibility index (Phi) is 5.87. The van der Waals surface area contributed by atoms with Gasteiger partial charge in [-0.2, -0.15) is 17.6 Å². The average molecular weight is 431 g/mol. The number of nitrogens with zero attached hydrogens (tertiary/aromatic N) is 1. The summed E-state index contributed by atoms with van der Waals surface area (Å²) >= 11 is 6.14. The summed E-state index contributed by atoms with van der Waals surface area (Å²) in [6.45, 7) is -2.65. The molecule has 0 saturated carbocycles. The fraction of sp³-hybridized carbons (Fsp3) is 0.300. The van der Waals surface area contributed by atoms with E-state index >= 15 is 0 Å². The minimum atomic E-state index is -4.75. The maximum absolute atomic E-state index is 13.8. The van der Waals surface area contributed by atoms with E-state index in [1.807, 2.05) is 0 Å². The quantitative estimate of drug-likeness (QED) is 0.484. The number of allylic oxidation sites excluding steroid dienone is 7. The highest BCUT2D eigenvalue weighted by Crippen LogP contribution is 2.44. The highest BCUT2D eigenvalue weighted by atomic mass is 35.5. The molecule has 1 N–H and O–H groups in total. The number of hydrogen-bond donors (Lipinski definition) is 1. The van der Waals surface area contributed by atoms with Gasteiger partial charge in [-0.25, -0.2) is 4.79 Å². The Bertz CT molecular complexity index is 922. The van der Waals surface area contributed by atoms with Crippen LogP contribution in [-0.4, -0.2) is 41.9 Å². The van der Waals surface area contributed by atoms with Crippen LogP contribution in [0.4, 0.5) is 26.7 Å². The molecule has 154 valence electrons. The predicted octanol–water partition coefficient (Wildman–Crippen LogP) is 5.16. The minimum Gasteiger partial charge on any atom is -0.328 e. The van der Waals surface area contributed by atoms with Crippen LogP contribution in [0.2, 0.25) is 0 Å². The first-order valence-electron chi connectivity index (χ1n) is 8.65. The van der Waals surface area contributed by atoms with Crippen molar-refractivity contribution in [1.82, 2.24) is 10.2 Å². The fourth-order valence-corrected chi connectivity index (χ4v) is 3.90. The van der Waals surface area contributed by atoms with Gasteiger partial charge in [0.2, 0.25) is 0 Å². The lowest BCUT2D eigenvalue weighted by molar-refractivity contribution is -0.148. The summed E-state index contributed by atoms with van der Waals surface area (Å²) in [4.78, 5) is 13.3. The molecule has 0 bridgehead atoms. The largest absolute Gasteiger partial charge is 0.406 e. The van der Waals surface area contributed by atoms with Crippen molar-refractivity contribution in [3.05, 3.63) is 76.3 Å². The molecular formula is C20H16ClF5N2O. The van der Waals surface area contributed by atoms with E-state index in [0.717, 1.165) is 6.08 Å². The number of hydrogen-bond acceptors (Lipinski definition) is 1. The Morgan fingerprint density at radius 3 is 2.72 bits per heavy atom. The summed E-state index contributed by atoms with van der Waals surface area (Å²) in [5.74, 6) is -0.751. The third kappa shape index (κ3) is 4.23. The molecule has 2 unspecified atom stereocenters. The summed E-state index contributed by atoms with van der Waals surface area (Å²) in [5.41, 5.74) is 0.829. The van der Waals surface area contributed by atoms with Gasteiger partial charge in [0, 0.05) is 11.5 Å². The van der Waals surface area contributed by atoms with Crippen molar-refractivity contribution in [1.29, 1.82) is 0 Å². The van der Waals surface area contributed by atoms with E-state index in [1.54, 1.807) is 12.2 Å². The molecule has 2 atom stereocenters. The van der Waals surface area contributed by atoms with Gasteiger partial charge in [-0.3, -0.25) is 4.39 Å². The number of alkyl halides is 4. The zero-order valence-electron chi connectivity index (χ0n) is 14.9. The molecule has 3 rings (SSSR count). The average Bonchev–Trinajstić information content (AvgIpc) is 2.95. The van der Waals surface area contributed by atoms with Crippen molar-refractivity contribution >= 4 is 17.6 Å². The number of urea groups is 1. The van der Waals surface area contributed by atoms with Gasteiger partial charge >= 0.3 is 12.2 Å². The van der Waals surface area contributed by atoms with Gasteiger partial charge in [0.05, 0.1) is 18.3 Å². The lowest BCUT2D eigenvalue weighted by Gasteiger charge is -2.51. The molecule has 2 amide bonds. The van der Waals surface area contributed by atoms with Crippen LogP contribution in [-0.2, 0) is 0 Å². The summed E-state index contributed by atoms with van der Waals surface area (Å²) < 4.78 is 67.5. The first-order valence-corrected chi connectivity index (χ1v) is 9.03. The maximum Gasteiger partial charge on any atom is 0.406 e. The van der Waals surface area contributed by atoms with E-state index in [1.165, 1.54) is 30.4 Å². The van der Waals surface area contributed by atoms with Crippen LogP contribution >= 0.6 is 11.6 Å². The Morgan fingerprint density at radius 1 is 1.28 bits per heavy atom. The van der Waals surface area contributed by atoms with Gasteiger partial charge in [-0.05, 0) is 41.5 Å². The molecule has 0 radical (unpaired) electrons. The molecule has 29 heavy (non-hydrogen) atoms.